The largest absolute Gasteiger partial charge is 0.393 e. The topological polar surface area (TPSA) is 81.6 Å². The van der Waals surface area contributed by atoms with E-state index in [2.05, 4.69) is 42.0 Å². The van der Waals surface area contributed by atoms with Crippen LogP contribution in [-0.2, 0) is 16.6 Å². The lowest BCUT2D eigenvalue weighted by molar-refractivity contribution is -0.119. The Morgan fingerprint density at radius 2 is 1.88 bits per heavy atom. The molecule has 3 rings (SSSR count). The highest BCUT2D eigenvalue weighted by Gasteiger charge is 2.25. The Morgan fingerprint density at radius 3 is 2.52 bits per heavy atom. The molecule has 2 fully saturated rings. The van der Waals surface area contributed by atoms with Gasteiger partial charge in [-0.05, 0) is 64.5 Å². The van der Waals surface area contributed by atoms with Crippen LogP contribution in [0.4, 0.5) is 5.82 Å². The molecule has 2 heterocycles. The first-order valence-electron chi connectivity index (χ1n) is 12.9. The van der Waals surface area contributed by atoms with Crippen LogP contribution in [0.5, 0.6) is 0 Å². The summed E-state index contributed by atoms with van der Waals surface area (Å²) < 4.78 is 0. The van der Waals surface area contributed by atoms with Crippen LogP contribution in [-0.4, -0.2) is 70.8 Å². The average molecular weight is 460 g/mol. The quantitative estimate of drug-likeness (QED) is 0.651. The summed E-state index contributed by atoms with van der Waals surface area (Å²) in [4.78, 5) is 26.0. The van der Waals surface area contributed by atoms with Crippen LogP contribution in [0.3, 0.4) is 0 Å². The molecule has 33 heavy (non-hydrogen) atoms. The molecular weight excluding hydrogens is 414 g/mol. The first-order valence-corrected chi connectivity index (χ1v) is 12.9. The highest BCUT2D eigenvalue weighted by Crippen LogP contribution is 2.28. The van der Waals surface area contributed by atoms with Gasteiger partial charge in [0.15, 0.2) is 0 Å². The fourth-order valence-electron chi connectivity index (χ4n) is 5.06. The van der Waals surface area contributed by atoms with Crippen LogP contribution in [0, 0.1) is 5.92 Å². The second kappa shape index (κ2) is 11.6. The standard InChI is InChI=1S/C26H45N5O2/c1-19(32)17-23-18-24(29-25(28-23)26(3,4)5)31-13-6-12-30(15-16-31)14-11-21-7-9-22(10-8-21)27-20(2)33/h18-19,21-22,32H,6-17H2,1-5H3,(H,27,33). The van der Waals surface area contributed by atoms with E-state index in [4.69, 9.17) is 9.97 Å². The molecule has 1 saturated heterocycles. The number of aliphatic hydroxyl groups excluding tert-OH is 1. The maximum Gasteiger partial charge on any atom is 0.217 e. The molecule has 1 amide bonds. The average Bonchev–Trinajstić information content (AvgIpc) is 2.97. The molecule has 2 N–H and O–H groups in total. The molecule has 0 aromatic carbocycles. The number of nitrogens with zero attached hydrogens (tertiary/aromatic N) is 4. The van der Waals surface area contributed by atoms with Crippen molar-refractivity contribution in [1.29, 1.82) is 0 Å². The number of amides is 1. The van der Waals surface area contributed by atoms with Gasteiger partial charge in [-0.15, -0.1) is 0 Å². The lowest BCUT2D eigenvalue weighted by Gasteiger charge is -2.30. The van der Waals surface area contributed by atoms with E-state index in [1.54, 1.807) is 6.92 Å². The smallest absolute Gasteiger partial charge is 0.217 e. The summed E-state index contributed by atoms with van der Waals surface area (Å²) in [5.74, 6) is 2.74. The first kappa shape index (κ1) is 25.9. The van der Waals surface area contributed by atoms with Gasteiger partial charge >= 0.3 is 0 Å². The summed E-state index contributed by atoms with van der Waals surface area (Å²) in [6, 6.07) is 2.46. The molecule has 7 nitrogen and oxygen atoms in total. The molecular formula is C26H45N5O2. The van der Waals surface area contributed by atoms with Crippen LogP contribution in [0.15, 0.2) is 6.07 Å². The number of carbonyl (C=O) groups excluding carboxylic acids is 1. The van der Waals surface area contributed by atoms with Crippen LogP contribution >= 0.6 is 0 Å². The zero-order valence-corrected chi connectivity index (χ0v) is 21.4. The van der Waals surface area contributed by atoms with Gasteiger partial charge in [-0.3, -0.25) is 4.79 Å². The van der Waals surface area contributed by atoms with E-state index >= 15 is 0 Å². The third-order valence-corrected chi connectivity index (χ3v) is 6.96. The molecule has 0 spiro atoms. The van der Waals surface area contributed by atoms with Crippen molar-refractivity contribution in [2.75, 3.05) is 37.6 Å². The van der Waals surface area contributed by atoms with Crippen molar-refractivity contribution in [2.24, 2.45) is 5.92 Å². The number of hydrogen-bond acceptors (Lipinski definition) is 6. The van der Waals surface area contributed by atoms with Crippen LogP contribution in [0.2, 0.25) is 0 Å². The van der Waals surface area contributed by atoms with E-state index in [-0.39, 0.29) is 11.3 Å². The van der Waals surface area contributed by atoms with Crippen LogP contribution in [0.1, 0.15) is 84.7 Å². The fraction of sp³-hybridized carbons (Fsp3) is 0.808. The summed E-state index contributed by atoms with van der Waals surface area (Å²) in [5.41, 5.74) is 0.802. The number of rotatable bonds is 7. The number of nitrogens with one attached hydrogen (secondary N) is 1. The van der Waals surface area contributed by atoms with Gasteiger partial charge in [0.25, 0.3) is 0 Å². The van der Waals surface area contributed by atoms with E-state index in [1.165, 1.54) is 19.3 Å². The van der Waals surface area contributed by atoms with Crippen molar-refractivity contribution in [3.05, 3.63) is 17.6 Å². The molecule has 186 valence electrons. The summed E-state index contributed by atoms with van der Waals surface area (Å²) in [6.07, 6.45) is 7.24. The van der Waals surface area contributed by atoms with Gasteiger partial charge in [0.05, 0.1) is 6.10 Å². The van der Waals surface area contributed by atoms with Gasteiger partial charge in [-0.2, -0.15) is 0 Å². The Morgan fingerprint density at radius 1 is 1.15 bits per heavy atom. The maximum atomic E-state index is 11.3. The SMILES string of the molecule is CC(=O)NC1CCC(CCN2CCCN(c3cc(CC(C)O)nc(C(C)(C)C)n3)CC2)CC1. The van der Waals surface area contributed by atoms with Gasteiger partial charge < -0.3 is 20.2 Å². The minimum Gasteiger partial charge on any atom is -0.393 e. The second-order valence-corrected chi connectivity index (χ2v) is 11.2. The highest BCUT2D eigenvalue weighted by molar-refractivity contribution is 5.73. The lowest BCUT2D eigenvalue weighted by atomic mass is 9.84. The predicted octanol–water partition coefficient (Wildman–Crippen LogP) is 3.29. The molecule has 0 radical (unpaired) electrons. The molecule has 1 aromatic heterocycles. The van der Waals surface area contributed by atoms with Crippen molar-refractivity contribution >= 4 is 11.7 Å². The van der Waals surface area contributed by atoms with Gasteiger partial charge in [-0.1, -0.05) is 20.8 Å². The van der Waals surface area contributed by atoms with Crippen molar-refractivity contribution in [3.63, 3.8) is 0 Å². The lowest BCUT2D eigenvalue weighted by Crippen LogP contribution is -2.37. The number of hydrogen-bond donors (Lipinski definition) is 2. The van der Waals surface area contributed by atoms with E-state index in [1.807, 2.05) is 6.92 Å². The van der Waals surface area contributed by atoms with Gasteiger partial charge in [-0.25, -0.2) is 9.97 Å². The monoisotopic (exact) mass is 459 g/mol. The molecule has 1 saturated carbocycles. The predicted molar refractivity (Wildman–Crippen MR) is 134 cm³/mol. The Labute approximate surface area is 200 Å². The van der Waals surface area contributed by atoms with Gasteiger partial charge in [0.1, 0.15) is 11.6 Å². The van der Waals surface area contributed by atoms with Crippen molar-refractivity contribution in [3.8, 4) is 0 Å². The molecule has 1 unspecified atom stereocenters. The molecule has 2 aliphatic rings. The van der Waals surface area contributed by atoms with E-state index < -0.39 is 6.10 Å². The number of anilines is 1. The fourth-order valence-corrected chi connectivity index (χ4v) is 5.06. The second-order valence-electron chi connectivity index (χ2n) is 11.2. The van der Waals surface area contributed by atoms with Crippen molar-refractivity contribution in [1.82, 2.24) is 20.2 Å². The van der Waals surface area contributed by atoms with E-state index in [0.717, 1.165) is 75.2 Å². The molecule has 1 atom stereocenters. The number of aromatic nitrogens is 2. The van der Waals surface area contributed by atoms with Crippen LogP contribution < -0.4 is 10.2 Å². The summed E-state index contributed by atoms with van der Waals surface area (Å²) in [7, 11) is 0. The van der Waals surface area contributed by atoms with E-state index in [0.29, 0.717) is 12.5 Å². The summed E-state index contributed by atoms with van der Waals surface area (Å²) in [6.45, 7) is 15.2. The Bertz CT molecular complexity index is 768. The first-order chi connectivity index (χ1) is 15.6. The zero-order valence-electron chi connectivity index (χ0n) is 21.4. The molecule has 1 aliphatic heterocycles. The summed E-state index contributed by atoms with van der Waals surface area (Å²) in [5, 5.41) is 13.0. The molecule has 1 aliphatic carbocycles. The molecule has 7 heteroatoms. The maximum absolute atomic E-state index is 11.3. The van der Waals surface area contributed by atoms with Gasteiger partial charge in [0.2, 0.25) is 5.91 Å². The number of aliphatic hydroxyl groups is 1. The minimum atomic E-state index is -0.409. The summed E-state index contributed by atoms with van der Waals surface area (Å²) >= 11 is 0. The van der Waals surface area contributed by atoms with Gasteiger partial charge in [0, 0.05) is 56.2 Å². The number of carbonyl (C=O) groups is 1. The molecule has 0 bridgehead atoms. The van der Waals surface area contributed by atoms with Crippen LogP contribution in [0.25, 0.3) is 0 Å². The third kappa shape index (κ3) is 8.21. The Kier molecular flexibility index (Phi) is 9.10. The van der Waals surface area contributed by atoms with E-state index in [9.17, 15) is 9.90 Å². The zero-order chi connectivity index (χ0) is 24.0. The van der Waals surface area contributed by atoms with Crippen molar-refractivity contribution in [2.45, 2.75) is 97.1 Å². The highest BCUT2D eigenvalue weighted by atomic mass is 16.3. The third-order valence-electron chi connectivity index (χ3n) is 6.96. The molecule has 1 aromatic rings. The van der Waals surface area contributed by atoms with Crippen molar-refractivity contribution < 1.29 is 9.90 Å². The Balaban J connectivity index is 1.54. The Hall–Kier alpha value is -1.73. The normalized spacial score (nSPS) is 23.8. The minimum absolute atomic E-state index is 0.101.